The standard InChI is InChI=1S/C32H38ClNO4/c1-34(17-20-6-7-20)13-12-31-27-22-8-9-25(35)28(27)38-29(31)32(36-2)11-10-30(31,26(34)15-22)16-23(32)19-37-18-21-4-3-5-24(33)14-21/h3-5,8-9,14,20,23,26,29H,6-7,10-13,15-19H2,1-2H3/p+1/t23-,26-,29-,30-,31+,32-,34?/m1/s1. The number of halogens is 1. The lowest BCUT2D eigenvalue weighted by Crippen LogP contribution is -2.83. The molecule has 5 fully saturated rings. The van der Waals surface area contributed by atoms with Gasteiger partial charge in [0.1, 0.15) is 11.7 Å². The van der Waals surface area contributed by atoms with Crippen molar-refractivity contribution >= 4 is 11.6 Å². The molecule has 4 saturated carbocycles. The van der Waals surface area contributed by atoms with Gasteiger partial charge in [0, 0.05) is 47.8 Å². The van der Waals surface area contributed by atoms with Crippen molar-refractivity contribution in [1.29, 1.82) is 0 Å². The molecule has 2 aromatic carbocycles. The number of aromatic hydroxyl groups is 1. The second-order valence-corrected chi connectivity index (χ2v) is 14.0. The van der Waals surface area contributed by atoms with Gasteiger partial charge in [-0.25, -0.2) is 0 Å². The van der Waals surface area contributed by atoms with Crippen LogP contribution >= 0.6 is 11.6 Å². The highest BCUT2D eigenvalue weighted by Gasteiger charge is 2.83. The van der Waals surface area contributed by atoms with E-state index >= 15 is 0 Å². The third-order valence-corrected chi connectivity index (χ3v) is 12.2. The van der Waals surface area contributed by atoms with Gasteiger partial charge in [-0.3, -0.25) is 0 Å². The van der Waals surface area contributed by atoms with Crippen LogP contribution in [-0.4, -0.2) is 61.2 Å². The summed E-state index contributed by atoms with van der Waals surface area (Å²) in [7, 11) is 4.43. The number of quaternary nitrogens is 1. The molecule has 4 bridgehead atoms. The second kappa shape index (κ2) is 7.90. The minimum absolute atomic E-state index is 0.0817. The maximum atomic E-state index is 11.0. The molecule has 0 amide bonds. The minimum atomic E-state index is -0.419. The molecule has 1 N–H and O–H groups in total. The van der Waals surface area contributed by atoms with E-state index in [0.29, 0.717) is 25.0 Å². The first-order valence-corrected chi connectivity index (χ1v) is 15.0. The van der Waals surface area contributed by atoms with Crippen LogP contribution in [0.2, 0.25) is 5.02 Å². The quantitative estimate of drug-likeness (QED) is 0.466. The van der Waals surface area contributed by atoms with E-state index in [9.17, 15) is 5.11 Å². The average molecular weight is 537 g/mol. The lowest BCUT2D eigenvalue weighted by Gasteiger charge is -2.74. The zero-order valence-electron chi connectivity index (χ0n) is 22.5. The number of phenols is 1. The fourth-order valence-corrected chi connectivity index (χ4v) is 10.6. The normalized spacial score (nSPS) is 41.6. The number of hydrogen-bond acceptors (Lipinski definition) is 4. The molecule has 5 aliphatic carbocycles. The Morgan fingerprint density at radius 1 is 1.16 bits per heavy atom. The molecule has 202 valence electrons. The first-order chi connectivity index (χ1) is 18.4. The maximum Gasteiger partial charge on any atom is 0.165 e. The van der Waals surface area contributed by atoms with E-state index in [0.717, 1.165) is 47.9 Å². The van der Waals surface area contributed by atoms with Crippen molar-refractivity contribution in [3.05, 3.63) is 58.1 Å². The SMILES string of the molecule is CO[C@]12CC[C@@]3(C[C@@H]1COCc1cccc(Cl)c1)[C@H]1Cc4ccc(O)c5c4[C@@]3(CC[N+]1(C)CC1CC1)[C@H]2O5. The summed E-state index contributed by atoms with van der Waals surface area (Å²) in [6.45, 7) is 3.68. The number of likely N-dealkylation sites (tertiary alicyclic amines) is 1. The summed E-state index contributed by atoms with van der Waals surface area (Å²) >= 11 is 6.24. The van der Waals surface area contributed by atoms with Crippen molar-refractivity contribution in [2.24, 2.45) is 17.3 Å². The molecule has 1 unspecified atom stereocenters. The number of piperidine rings is 1. The Labute approximate surface area is 230 Å². The van der Waals surface area contributed by atoms with E-state index in [1.807, 2.05) is 31.4 Å². The average Bonchev–Trinajstić information content (AvgIpc) is 3.63. The molecule has 5 nitrogen and oxygen atoms in total. The molecule has 7 atom stereocenters. The number of ether oxygens (including phenoxy) is 3. The van der Waals surface area contributed by atoms with Crippen molar-refractivity contribution in [2.75, 3.05) is 33.9 Å². The fourth-order valence-electron chi connectivity index (χ4n) is 10.4. The Hall–Kier alpha value is -1.79. The van der Waals surface area contributed by atoms with E-state index in [1.165, 1.54) is 48.0 Å². The van der Waals surface area contributed by atoms with Crippen molar-refractivity contribution in [1.82, 2.24) is 0 Å². The third-order valence-electron chi connectivity index (χ3n) is 12.0. The number of benzene rings is 2. The molecular weight excluding hydrogens is 498 g/mol. The summed E-state index contributed by atoms with van der Waals surface area (Å²) in [6.07, 6.45) is 8.17. The molecule has 38 heavy (non-hydrogen) atoms. The lowest BCUT2D eigenvalue weighted by molar-refractivity contribution is -0.952. The summed E-state index contributed by atoms with van der Waals surface area (Å²) in [5.74, 6) is 2.17. The van der Waals surface area contributed by atoms with Crippen LogP contribution in [-0.2, 0) is 27.9 Å². The van der Waals surface area contributed by atoms with Gasteiger partial charge in [-0.1, -0.05) is 29.8 Å². The number of hydrogen-bond donors (Lipinski definition) is 1. The van der Waals surface area contributed by atoms with E-state index in [-0.39, 0.29) is 22.9 Å². The van der Waals surface area contributed by atoms with Crippen LogP contribution in [0.3, 0.4) is 0 Å². The highest BCUT2D eigenvalue weighted by molar-refractivity contribution is 6.30. The Balaban J connectivity index is 1.22. The summed E-state index contributed by atoms with van der Waals surface area (Å²) in [4.78, 5) is 0. The van der Waals surface area contributed by atoms with Crippen LogP contribution < -0.4 is 4.74 Å². The van der Waals surface area contributed by atoms with Gasteiger partial charge < -0.3 is 23.8 Å². The zero-order chi connectivity index (χ0) is 25.9. The van der Waals surface area contributed by atoms with Crippen LogP contribution in [0.15, 0.2) is 36.4 Å². The van der Waals surface area contributed by atoms with Crippen LogP contribution in [0.5, 0.6) is 11.5 Å². The number of methoxy groups -OCH3 is 1. The Morgan fingerprint density at radius 2 is 2.03 bits per heavy atom. The second-order valence-electron chi connectivity index (χ2n) is 13.6. The molecule has 0 radical (unpaired) electrons. The first kappa shape index (κ1) is 24.0. The Kier molecular flexibility index (Phi) is 5.00. The van der Waals surface area contributed by atoms with Gasteiger partial charge in [-0.2, -0.15) is 0 Å². The van der Waals surface area contributed by atoms with E-state index < -0.39 is 5.60 Å². The Morgan fingerprint density at radius 3 is 2.82 bits per heavy atom. The number of fused-ring (bicyclic) bond motifs is 2. The fraction of sp³-hybridized carbons (Fsp3) is 0.625. The van der Waals surface area contributed by atoms with E-state index in [4.69, 9.17) is 25.8 Å². The summed E-state index contributed by atoms with van der Waals surface area (Å²) in [5.41, 5.74) is 3.47. The summed E-state index contributed by atoms with van der Waals surface area (Å²) in [5, 5.41) is 11.8. The highest BCUT2D eigenvalue weighted by Crippen LogP contribution is 2.77. The van der Waals surface area contributed by atoms with Gasteiger partial charge in [0.25, 0.3) is 0 Å². The topological polar surface area (TPSA) is 47.9 Å². The van der Waals surface area contributed by atoms with Gasteiger partial charge in [0.15, 0.2) is 11.5 Å². The number of rotatable bonds is 7. The number of phenolic OH excluding ortho intramolecular Hbond substituents is 1. The molecular formula is C32H39ClNO4+. The van der Waals surface area contributed by atoms with Crippen molar-refractivity contribution in [3.63, 3.8) is 0 Å². The minimum Gasteiger partial charge on any atom is -0.504 e. The first-order valence-electron chi connectivity index (χ1n) is 14.6. The third kappa shape index (κ3) is 2.89. The van der Waals surface area contributed by atoms with Crippen molar-refractivity contribution in [2.45, 2.75) is 74.7 Å². The molecule has 1 saturated heterocycles. The van der Waals surface area contributed by atoms with Gasteiger partial charge >= 0.3 is 0 Å². The smallest absolute Gasteiger partial charge is 0.165 e. The Bertz CT molecular complexity index is 1310. The lowest BCUT2D eigenvalue weighted by atomic mass is 9.34. The van der Waals surface area contributed by atoms with Gasteiger partial charge in [-0.05, 0) is 61.4 Å². The molecule has 2 aliphatic heterocycles. The van der Waals surface area contributed by atoms with Crippen LogP contribution in [0.1, 0.15) is 55.2 Å². The van der Waals surface area contributed by atoms with E-state index in [1.54, 1.807) is 0 Å². The van der Waals surface area contributed by atoms with Gasteiger partial charge in [0.2, 0.25) is 0 Å². The molecule has 7 aliphatic rings. The number of nitrogens with zero attached hydrogens (tertiary/aromatic N) is 1. The molecule has 2 aromatic rings. The van der Waals surface area contributed by atoms with Crippen LogP contribution in [0.4, 0.5) is 0 Å². The van der Waals surface area contributed by atoms with Crippen molar-refractivity contribution in [3.8, 4) is 11.5 Å². The van der Waals surface area contributed by atoms with Gasteiger partial charge in [-0.15, -0.1) is 0 Å². The van der Waals surface area contributed by atoms with Crippen molar-refractivity contribution < 1.29 is 23.8 Å². The molecule has 2 spiro atoms. The predicted molar refractivity (Wildman–Crippen MR) is 146 cm³/mol. The summed E-state index contributed by atoms with van der Waals surface area (Å²) < 4.78 is 21.2. The molecule has 6 heteroatoms. The molecule has 9 rings (SSSR count). The maximum absolute atomic E-state index is 11.0. The summed E-state index contributed by atoms with van der Waals surface area (Å²) in [6, 6.07) is 12.6. The highest BCUT2D eigenvalue weighted by atomic mass is 35.5. The van der Waals surface area contributed by atoms with Crippen LogP contribution in [0.25, 0.3) is 0 Å². The molecule has 0 aromatic heterocycles. The largest absolute Gasteiger partial charge is 0.504 e. The predicted octanol–water partition coefficient (Wildman–Crippen LogP) is 5.63. The monoisotopic (exact) mass is 536 g/mol. The zero-order valence-corrected chi connectivity index (χ0v) is 23.3. The molecule has 2 heterocycles. The number of likely N-dealkylation sites (N-methyl/N-ethyl adjacent to an activating group) is 1. The van der Waals surface area contributed by atoms with E-state index in [2.05, 4.69) is 19.2 Å². The van der Waals surface area contributed by atoms with Crippen LogP contribution in [0, 0.1) is 17.3 Å². The van der Waals surface area contributed by atoms with Gasteiger partial charge in [0.05, 0.1) is 44.8 Å².